The predicted octanol–water partition coefficient (Wildman–Crippen LogP) is 3.77. The first-order valence-corrected chi connectivity index (χ1v) is 8.53. The van der Waals surface area contributed by atoms with E-state index < -0.39 is 0 Å². The summed E-state index contributed by atoms with van der Waals surface area (Å²) in [6, 6.07) is 0. The first-order valence-electron chi connectivity index (χ1n) is 8.53. The largest absolute Gasteiger partial charge is 0.465 e. The standard InChI is InChI=1S/C17H33NO2/c1-4-6-8-15(5-2)13-20-17(19)11-14(3)16-9-7-10-18-12-16/h14-16,18H,4-13H2,1-3H3. The fraction of sp³-hybridized carbons (Fsp3) is 0.941. The lowest BCUT2D eigenvalue weighted by Crippen LogP contribution is -2.34. The first-order chi connectivity index (χ1) is 9.67. The molecule has 0 aliphatic carbocycles. The molecule has 0 aromatic carbocycles. The topological polar surface area (TPSA) is 38.3 Å². The summed E-state index contributed by atoms with van der Waals surface area (Å²) in [7, 11) is 0. The quantitative estimate of drug-likeness (QED) is 0.655. The minimum Gasteiger partial charge on any atom is -0.465 e. The van der Waals surface area contributed by atoms with Gasteiger partial charge in [0.2, 0.25) is 0 Å². The van der Waals surface area contributed by atoms with Gasteiger partial charge in [0.15, 0.2) is 0 Å². The molecule has 3 atom stereocenters. The zero-order chi connectivity index (χ0) is 14.8. The molecule has 1 rings (SSSR count). The second-order valence-electron chi connectivity index (χ2n) is 6.39. The number of hydrogen-bond donors (Lipinski definition) is 1. The van der Waals surface area contributed by atoms with Crippen molar-refractivity contribution in [3.05, 3.63) is 0 Å². The Labute approximate surface area is 124 Å². The van der Waals surface area contributed by atoms with Crippen LogP contribution >= 0.6 is 0 Å². The van der Waals surface area contributed by atoms with Crippen LogP contribution in [0.25, 0.3) is 0 Å². The Morgan fingerprint density at radius 2 is 2.20 bits per heavy atom. The van der Waals surface area contributed by atoms with Crippen LogP contribution in [0.3, 0.4) is 0 Å². The van der Waals surface area contributed by atoms with E-state index in [0.29, 0.717) is 30.8 Å². The second-order valence-corrected chi connectivity index (χ2v) is 6.39. The normalized spacial score (nSPS) is 22.2. The SMILES string of the molecule is CCCCC(CC)COC(=O)CC(C)C1CCCNC1. The van der Waals surface area contributed by atoms with Crippen LogP contribution in [0.15, 0.2) is 0 Å². The number of ether oxygens (including phenoxy) is 1. The third-order valence-electron chi connectivity index (χ3n) is 4.65. The van der Waals surface area contributed by atoms with E-state index in [-0.39, 0.29) is 5.97 Å². The summed E-state index contributed by atoms with van der Waals surface area (Å²) in [5, 5.41) is 3.42. The summed E-state index contributed by atoms with van der Waals surface area (Å²) in [5.41, 5.74) is 0. The van der Waals surface area contributed by atoms with Crippen LogP contribution in [-0.2, 0) is 9.53 Å². The Morgan fingerprint density at radius 1 is 1.40 bits per heavy atom. The van der Waals surface area contributed by atoms with E-state index in [1.165, 1.54) is 32.1 Å². The third kappa shape index (κ3) is 6.74. The maximum Gasteiger partial charge on any atom is 0.306 e. The van der Waals surface area contributed by atoms with Gasteiger partial charge in [-0.25, -0.2) is 0 Å². The van der Waals surface area contributed by atoms with Gasteiger partial charge in [-0.1, -0.05) is 40.0 Å². The monoisotopic (exact) mass is 283 g/mol. The van der Waals surface area contributed by atoms with Crippen molar-refractivity contribution in [3.8, 4) is 0 Å². The van der Waals surface area contributed by atoms with Gasteiger partial charge in [0.25, 0.3) is 0 Å². The molecule has 20 heavy (non-hydrogen) atoms. The highest BCUT2D eigenvalue weighted by Gasteiger charge is 2.22. The predicted molar refractivity (Wildman–Crippen MR) is 83.6 cm³/mol. The van der Waals surface area contributed by atoms with Gasteiger partial charge in [0.1, 0.15) is 0 Å². The molecule has 0 amide bonds. The van der Waals surface area contributed by atoms with Crippen molar-refractivity contribution in [1.82, 2.24) is 5.32 Å². The van der Waals surface area contributed by atoms with E-state index in [0.717, 1.165) is 19.5 Å². The molecule has 0 saturated carbocycles. The number of unbranched alkanes of at least 4 members (excludes halogenated alkanes) is 1. The van der Waals surface area contributed by atoms with Crippen LogP contribution in [0.5, 0.6) is 0 Å². The van der Waals surface area contributed by atoms with Crippen LogP contribution in [0.2, 0.25) is 0 Å². The minimum absolute atomic E-state index is 0.00183. The van der Waals surface area contributed by atoms with Crippen LogP contribution in [0, 0.1) is 17.8 Å². The highest BCUT2D eigenvalue weighted by Crippen LogP contribution is 2.23. The molecule has 3 nitrogen and oxygen atoms in total. The molecule has 0 spiro atoms. The van der Waals surface area contributed by atoms with E-state index >= 15 is 0 Å². The van der Waals surface area contributed by atoms with Gasteiger partial charge in [-0.3, -0.25) is 4.79 Å². The highest BCUT2D eigenvalue weighted by atomic mass is 16.5. The van der Waals surface area contributed by atoms with Crippen LogP contribution < -0.4 is 5.32 Å². The van der Waals surface area contributed by atoms with Crippen molar-refractivity contribution in [3.63, 3.8) is 0 Å². The highest BCUT2D eigenvalue weighted by molar-refractivity contribution is 5.69. The fourth-order valence-corrected chi connectivity index (χ4v) is 2.96. The zero-order valence-corrected chi connectivity index (χ0v) is 13.6. The van der Waals surface area contributed by atoms with E-state index in [4.69, 9.17) is 4.74 Å². The average Bonchev–Trinajstić information content (AvgIpc) is 2.48. The second kappa shape index (κ2) is 10.2. The summed E-state index contributed by atoms with van der Waals surface area (Å²) in [6.45, 7) is 9.38. The number of carbonyl (C=O) groups excluding carboxylic acids is 1. The van der Waals surface area contributed by atoms with Gasteiger partial charge in [-0.05, 0) is 50.1 Å². The van der Waals surface area contributed by atoms with E-state index in [9.17, 15) is 4.79 Å². The van der Waals surface area contributed by atoms with Crippen molar-refractivity contribution in [1.29, 1.82) is 0 Å². The van der Waals surface area contributed by atoms with E-state index in [2.05, 4.69) is 26.1 Å². The van der Waals surface area contributed by atoms with Gasteiger partial charge < -0.3 is 10.1 Å². The molecule has 1 aliphatic rings. The molecule has 0 bridgehead atoms. The minimum atomic E-state index is -0.00183. The zero-order valence-electron chi connectivity index (χ0n) is 13.6. The smallest absolute Gasteiger partial charge is 0.306 e. The summed E-state index contributed by atoms with van der Waals surface area (Å²) < 4.78 is 5.49. The van der Waals surface area contributed by atoms with Crippen LogP contribution in [0.4, 0.5) is 0 Å². The Balaban J connectivity index is 2.20. The van der Waals surface area contributed by atoms with Gasteiger partial charge in [-0.2, -0.15) is 0 Å². The lowest BCUT2D eigenvalue weighted by molar-refractivity contribution is -0.146. The van der Waals surface area contributed by atoms with Crippen molar-refractivity contribution in [2.45, 2.75) is 65.7 Å². The summed E-state index contributed by atoms with van der Waals surface area (Å²) in [4.78, 5) is 11.9. The van der Waals surface area contributed by atoms with Gasteiger partial charge >= 0.3 is 5.97 Å². The third-order valence-corrected chi connectivity index (χ3v) is 4.65. The van der Waals surface area contributed by atoms with Crippen molar-refractivity contribution in [2.75, 3.05) is 19.7 Å². The van der Waals surface area contributed by atoms with Crippen LogP contribution in [0.1, 0.15) is 65.7 Å². The van der Waals surface area contributed by atoms with Gasteiger partial charge in [-0.15, -0.1) is 0 Å². The Morgan fingerprint density at radius 3 is 2.80 bits per heavy atom. The van der Waals surface area contributed by atoms with Gasteiger partial charge in [0.05, 0.1) is 6.61 Å². The molecule has 1 heterocycles. The molecule has 1 fully saturated rings. The fourth-order valence-electron chi connectivity index (χ4n) is 2.96. The maximum absolute atomic E-state index is 11.9. The lowest BCUT2D eigenvalue weighted by atomic mass is 9.85. The molecule has 0 radical (unpaired) electrons. The summed E-state index contributed by atoms with van der Waals surface area (Å²) >= 11 is 0. The average molecular weight is 283 g/mol. The summed E-state index contributed by atoms with van der Waals surface area (Å²) in [6.07, 6.45) is 7.80. The maximum atomic E-state index is 11.9. The molecule has 1 saturated heterocycles. The molecule has 118 valence electrons. The Hall–Kier alpha value is -0.570. The molecule has 3 unspecified atom stereocenters. The van der Waals surface area contributed by atoms with Crippen molar-refractivity contribution in [2.24, 2.45) is 17.8 Å². The molecular formula is C17H33NO2. The number of esters is 1. The molecule has 0 aromatic rings. The summed E-state index contributed by atoms with van der Waals surface area (Å²) in [5.74, 6) is 1.62. The Bertz CT molecular complexity index is 262. The molecule has 1 aliphatic heterocycles. The lowest BCUT2D eigenvalue weighted by Gasteiger charge is -2.28. The number of piperidine rings is 1. The number of carbonyl (C=O) groups is 1. The molecular weight excluding hydrogens is 250 g/mol. The number of hydrogen-bond acceptors (Lipinski definition) is 3. The van der Waals surface area contributed by atoms with Crippen molar-refractivity contribution >= 4 is 5.97 Å². The molecule has 1 N–H and O–H groups in total. The van der Waals surface area contributed by atoms with Gasteiger partial charge in [0, 0.05) is 6.42 Å². The first kappa shape index (κ1) is 17.5. The Kier molecular flexibility index (Phi) is 8.92. The van der Waals surface area contributed by atoms with Crippen LogP contribution in [-0.4, -0.2) is 25.7 Å². The van der Waals surface area contributed by atoms with Crippen molar-refractivity contribution < 1.29 is 9.53 Å². The van der Waals surface area contributed by atoms with E-state index in [1.807, 2.05) is 0 Å². The molecule has 0 aromatic heterocycles. The number of nitrogens with one attached hydrogen (secondary N) is 1. The molecule has 3 heteroatoms. The van der Waals surface area contributed by atoms with E-state index in [1.54, 1.807) is 0 Å². The number of rotatable bonds is 9.